The van der Waals surface area contributed by atoms with Gasteiger partial charge in [-0.25, -0.2) is 14.8 Å². The van der Waals surface area contributed by atoms with Crippen molar-refractivity contribution in [2.24, 2.45) is 0 Å². The fraction of sp³-hybridized carbons (Fsp3) is 0.522. The first-order chi connectivity index (χ1) is 15.7. The third-order valence-corrected chi connectivity index (χ3v) is 6.10. The minimum absolute atomic E-state index is 0.168. The predicted molar refractivity (Wildman–Crippen MR) is 125 cm³/mol. The zero-order chi connectivity index (χ0) is 23.2. The molecule has 2 bridgehead atoms. The van der Waals surface area contributed by atoms with Gasteiger partial charge in [-0.1, -0.05) is 0 Å². The van der Waals surface area contributed by atoms with Crippen LogP contribution in [-0.2, 0) is 4.74 Å². The van der Waals surface area contributed by atoms with Crippen LogP contribution in [0, 0.1) is 6.92 Å². The molecule has 5 heterocycles. The maximum Gasteiger partial charge on any atom is 0.410 e. The lowest BCUT2D eigenvalue weighted by atomic mass is 9.97. The molecule has 2 fully saturated rings. The number of carbonyl (C=O) groups is 1. The smallest absolute Gasteiger partial charge is 0.410 e. The number of nitrogens with one attached hydrogen (secondary N) is 3. The average molecular weight is 451 g/mol. The van der Waals surface area contributed by atoms with Crippen LogP contribution in [0.15, 0.2) is 24.5 Å². The van der Waals surface area contributed by atoms with Crippen LogP contribution in [0.5, 0.6) is 0 Å². The molecule has 0 aliphatic carbocycles. The number of amides is 1. The lowest BCUT2D eigenvalue weighted by Gasteiger charge is -2.39. The molecule has 3 aromatic heterocycles. The van der Waals surface area contributed by atoms with Crippen LogP contribution in [0.1, 0.15) is 52.1 Å². The van der Waals surface area contributed by atoms with Crippen LogP contribution in [-0.4, -0.2) is 59.9 Å². The number of aromatic amines is 1. The SMILES string of the molecule is Cc1cc(Nc2cc3nccnc3c(NC3CC4CCC(C3)N4C(=O)OC(C)(C)C)n2)n[nH]1. The van der Waals surface area contributed by atoms with E-state index in [9.17, 15) is 4.79 Å². The molecule has 2 unspecified atom stereocenters. The lowest BCUT2D eigenvalue weighted by Crippen LogP contribution is -2.51. The Morgan fingerprint density at radius 3 is 2.52 bits per heavy atom. The molecular formula is C23H30N8O2. The van der Waals surface area contributed by atoms with Crippen molar-refractivity contribution in [1.29, 1.82) is 0 Å². The summed E-state index contributed by atoms with van der Waals surface area (Å²) in [4.78, 5) is 28.5. The van der Waals surface area contributed by atoms with E-state index in [2.05, 4.69) is 30.8 Å². The van der Waals surface area contributed by atoms with Crippen molar-refractivity contribution in [1.82, 2.24) is 30.0 Å². The van der Waals surface area contributed by atoms with Gasteiger partial charge < -0.3 is 20.3 Å². The number of aromatic nitrogens is 5. The number of pyridine rings is 1. The van der Waals surface area contributed by atoms with Gasteiger partial charge in [0.1, 0.15) is 16.9 Å². The number of aryl methyl sites for hydroxylation is 1. The molecule has 3 aromatic rings. The van der Waals surface area contributed by atoms with Gasteiger partial charge in [0.25, 0.3) is 0 Å². The minimum atomic E-state index is -0.493. The van der Waals surface area contributed by atoms with E-state index in [1.807, 2.05) is 44.7 Å². The quantitative estimate of drug-likeness (QED) is 0.542. The second-order valence-corrected chi connectivity index (χ2v) is 9.93. The number of nitrogens with zero attached hydrogens (tertiary/aromatic N) is 5. The van der Waals surface area contributed by atoms with E-state index in [1.54, 1.807) is 12.4 Å². The van der Waals surface area contributed by atoms with Crippen LogP contribution < -0.4 is 10.6 Å². The summed E-state index contributed by atoms with van der Waals surface area (Å²) in [5.41, 5.74) is 1.94. The molecule has 0 spiro atoms. The minimum Gasteiger partial charge on any atom is -0.444 e. The first-order valence-corrected chi connectivity index (χ1v) is 11.4. The van der Waals surface area contributed by atoms with Crippen LogP contribution in [0.4, 0.5) is 22.2 Å². The molecule has 2 atom stereocenters. The first-order valence-electron chi connectivity index (χ1n) is 11.4. The molecule has 0 saturated carbocycles. The van der Waals surface area contributed by atoms with E-state index in [0.29, 0.717) is 17.5 Å². The molecule has 33 heavy (non-hydrogen) atoms. The van der Waals surface area contributed by atoms with E-state index in [4.69, 9.17) is 9.72 Å². The number of piperidine rings is 1. The summed E-state index contributed by atoms with van der Waals surface area (Å²) < 4.78 is 5.66. The number of rotatable bonds is 4. The summed E-state index contributed by atoms with van der Waals surface area (Å²) in [6.07, 6.45) is 6.82. The summed E-state index contributed by atoms with van der Waals surface area (Å²) in [5.74, 6) is 2.02. The Morgan fingerprint density at radius 1 is 1.12 bits per heavy atom. The van der Waals surface area contributed by atoms with Gasteiger partial charge in [0, 0.05) is 48.3 Å². The fourth-order valence-corrected chi connectivity index (χ4v) is 4.85. The van der Waals surface area contributed by atoms with Crippen molar-refractivity contribution in [3.05, 3.63) is 30.2 Å². The number of H-pyrrole nitrogens is 1. The highest BCUT2D eigenvalue weighted by Gasteiger charge is 2.45. The molecule has 10 nitrogen and oxygen atoms in total. The van der Waals surface area contributed by atoms with Crippen molar-refractivity contribution in [2.45, 2.75) is 77.1 Å². The van der Waals surface area contributed by atoms with Gasteiger partial charge in [-0.05, 0) is 53.4 Å². The van der Waals surface area contributed by atoms with Gasteiger partial charge in [0.2, 0.25) is 0 Å². The Kier molecular flexibility index (Phi) is 5.30. The van der Waals surface area contributed by atoms with Crippen LogP contribution in [0.25, 0.3) is 11.0 Å². The monoisotopic (exact) mass is 450 g/mol. The molecule has 2 aliphatic heterocycles. The zero-order valence-electron chi connectivity index (χ0n) is 19.4. The van der Waals surface area contributed by atoms with E-state index < -0.39 is 5.60 Å². The number of hydrogen-bond donors (Lipinski definition) is 3. The lowest BCUT2D eigenvalue weighted by molar-refractivity contribution is 0.00683. The van der Waals surface area contributed by atoms with Crippen molar-refractivity contribution in [3.8, 4) is 0 Å². The van der Waals surface area contributed by atoms with Crippen molar-refractivity contribution in [2.75, 3.05) is 10.6 Å². The Morgan fingerprint density at radius 2 is 1.85 bits per heavy atom. The Bertz CT molecular complexity index is 1160. The van der Waals surface area contributed by atoms with Crippen LogP contribution in [0.3, 0.4) is 0 Å². The van der Waals surface area contributed by atoms with Crippen LogP contribution >= 0.6 is 0 Å². The van der Waals surface area contributed by atoms with E-state index in [1.165, 1.54) is 0 Å². The Balaban J connectivity index is 1.36. The van der Waals surface area contributed by atoms with E-state index in [-0.39, 0.29) is 24.2 Å². The largest absolute Gasteiger partial charge is 0.444 e. The highest BCUT2D eigenvalue weighted by Crippen LogP contribution is 2.38. The fourth-order valence-electron chi connectivity index (χ4n) is 4.85. The van der Waals surface area contributed by atoms with Gasteiger partial charge in [-0.2, -0.15) is 5.10 Å². The number of carbonyl (C=O) groups excluding carboxylic acids is 1. The maximum absolute atomic E-state index is 12.8. The number of hydrogen-bond acceptors (Lipinski definition) is 8. The van der Waals surface area contributed by atoms with Gasteiger partial charge in [-0.15, -0.1) is 0 Å². The second kappa shape index (κ2) is 8.17. The van der Waals surface area contributed by atoms with Crippen molar-refractivity contribution < 1.29 is 9.53 Å². The molecule has 2 aliphatic rings. The van der Waals surface area contributed by atoms with Gasteiger partial charge in [0.15, 0.2) is 11.6 Å². The molecule has 2 saturated heterocycles. The van der Waals surface area contributed by atoms with Gasteiger partial charge >= 0.3 is 6.09 Å². The highest BCUT2D eigenvalue weighted by molar-refractivity contribution is 5.88. The third-order valence-electron chi connectivity index (χ3n) is 6.10. The number of ether oxygens (including phenoxy) is 1. The maximum atomic E-state index is 12.8. The topological polar surface area (TPSA) is 121 Å². The predicted octanol–water partition coefficient (Wildman–Crippen LogP) is 4.14. The summed E-state index contributed by atoms with van der Waals surface area (Å²) in [6, 6.07) is 4.30. The van der Waals surface area contributed by atoms with E-state index in [0.717, 1.165) is 42.4 Å². The molecule has 1 amide bonds. The molecular weight excluding hydrogens is 420 g/mol. The molecule has 174 valence electrons. The van der Waals surface area contributed by atoms with Gasteiger partial charge in [-0.3, -0.25) is 10.1 Å². The Labute approximate surface area is 192 Å². The molecule has 0 aromatic carbocycles. The van der Waals surface area contributed by atoms with Crippen molar-refractivity contribution >= 4 is 34.6 Å². The molecule has 0 radical (unpaired) electrons. The summed E-state index contributed by atoms with van der Waals surface area (Å²) >= 11 is 0. The normalized spacial score (nSPS) is 22.4. The molecule has 5 rings (SSSR count). The summed E-state index contributed by atoms with van der Waals surface area (Å²) in [5, 5.41) is 14.0. The highest BCUT2D eigenvalue weighted by atomic mass is 16.6. The molecule has 3 N–H and O–H groups in total. The summed E-state index contributed by atoms with van der Waals surface area (Å²) in [7, 11) is 0. The zero-order valence-corrected chi connectivity index (χ0v) is 19.4. The third kappa shape index (κ3) is 4.55. The second-order valence-electron chi connectivity index (χ2n) is 9.93. The summed E-state index contributed by atoms with van der Waals surface area (Å²) in [6.45, 7) is 7.67. The standard InChI is InChI=1S/C23H30N8O2/c1-13-9-19(30-29-13)27-18-12-17-20(25-8-7-24-17)21(28-18)26-14-10-15-5-6-16(11-14)31(15)22(32)33-23(2,3)4/h7-9,12,14-16H,5-6,10-11H2,1-4H3,(H3,26,27,28,29,30). The number of anilines is 3. The first kappa shape index (κ1) is 21.4. The molecule has 10 heteroatoms. The number of fused-ring (bicyclic) bond motifs is 3. The van der Waals surface area contributed by atoms with Gasteiger partial charge in [0.05, 0.1) is 5.52 Å². The van der Waals surface area contributed by atoms with Crippen LogP contribution in [0.2, 0.25) is 0 Å². The average Bonchev–Trinajstić information content (AvgIpc) is 3.27. The van der Waals surface area contributed by atoms with Crippen molar-refractivity contribution in [3.63, 3.8) is 0 Å². The Hall–Kier alpha value is -3.43. The van der Waals surface area contributed by atoms with E-state index >= 15 is 0 Å².